The molecule has 4 heteroatoms. The van der Waals surface area contributed by atoms with E-state index in [-0.39, 0.29) is 12.1 Å². The van der Waals surface area contributed by atoms with Gasteiger partial charge in [0.25, 0.3) is 0 Å². The zero-order valence-corrected chi connectivity index (χ0v) is 15.7. The number of aliphatic hydroxyl groups is 1. The van der Waals surface area contributed by atoms with Crippen LogP contribution < -0.4 is 5.32 Å². The van der Waals surface area contributed by atoms with Crippen molar-refractivity contribution >= 4 is 5.96 Å². The van der Waals surface area contributed by atoms with E-state index in [4.69, 9.17) is 4.99 Å². The zero-order valence-electron chi connectivity index (χ0n) is 15.7. The van der Waals surface area contributed by atoms with E-state index in [1.807, 2.05) is 0 Å². The molecule has 4 nitrogen and oxygen atoms in total. The van der Waals surface area contributed by atoms with Crippen LogP contribution in [0.25, 0.3) is 0 Å². The molecule has 0 aliphatic carbocycles. The van der Waals surface area contributed by atoms with Crippen molar-refractivity contribution < 1.29 is 5.11 Å². The minimum atomic E-state index is 0.124. The fraction of sp³-hybridized carbons (Fsp3) is 0.944. The number of hydrogen-bond donors (Lipinski definition) is 2. The monoisotopic (exact) mass is 311 g/mol. The Hall–Kier alpha value is -0.770. The van der Waals surface area contributed by atoms with Gasteiger partial charge in [0, 0.05) is 37.2 Å². The molecule has 1 aliphatic heterocycles. The Morgan fingerprint density at radius 1 is 1.27 bits per heavy atom. The van der Waals surface area contributed by atoms with Crippen molar-refractivity contribution in [1.82, 2.24) is 10.2 Å². The molecule has 0 bridgehead atoms. The van der Waals surface area contributed by atoms with E-state index in [0.717, 1.165) is 38.4 Å². The van der Waals surface area contributed by atoms with Crippen molar-refractivity contribution in [2.75, 3.05) is 26.2 Å². The largest absolute Gasteiger partial charge is 0.396 e. The summed E-state index contributed by atoms with van der Waals surface area (Å²) >= 11 is 0. The highest BCUT2D eigenvalue weighted by Crippen LogP contribution is 2.46. The van der Waals surface area contributed by atoms with Gasteiger partial charge in [0.05, 0.1) is 0 Å². The van der Waals surface area contributed by atoms with Crippen LogP contribution in [0.2, 0.25) is 0 Å². The molecule has 0 saturated carbocycles. The molecule has 130 valence electrons. The lowest BCUT2D eigenvalue weighted by Gasteiger charge is -2.62. The number of nitrogens with one attached hydrogen (secondary N) is 1. The van der Waals surface area contributed by atoms with Crippen LogP contribution in [0, 0.1) is 17.3 Å². The van der Waals surface area contributed by atoms with Crippen LogP contribution in [-0.4, -0.2) is 47.7 Å². The van der Waals surface area contributed by atoms with E-state index in [1.165, 1.54) is 0 Å². The van der Waals surface area contributed by atoms with Crippen molar-refractivity contribution in [3.8, 4) is 0 Å². The Morgan fingerprint density at radius 3 is 2.32 bits per heavy atom. The molecule has 0 spiro atoms. The van der Waals surface area contributed by atoms with Gasteiger partial charge in [0.1, 0.15) is 0 Å². The summed E-state index contributed by atoms with van der Waals surface area (Å²) in [5, 5.41) is 12.7. The van der Waals surface area contributed by atoms with Gasteiger partial charge in [-0.2, -0.15) is 0 Å². The molecular formula is C18H37N3O. The predicted octanol–water partition coefficient (Wildman–Crippen LogP) is 3.12. The van der Waals surface area contributed by atoms with Gasteiger partial charge in [-0.3, -0.25) is 4.99 Å². The van der Waals surface area contributed by atoms with Crippen LogP contribution in [0.3, 0.4) is 0 Å². The summed E-state index contributed by atoms with van der Waals surface area (Å²) < 4.78 is 0. The SMILES string of the molecule is CCNC(=NCC(CCO)CC(C)C)N1CC(C)(C)C1(C)C. The fourth-order valence-electron chi connectivity index (χ4n) is 3.14. The first-order valence-electron chi connectivity index (χ1n) is 8.82. The highest BCUT2D eigenvalue weighted by atomic mass is 16.3. The van der Waals surface area contributed by atoms with Crippen LogP contribution in [0.1, 0.15) is 61.3 Å². The highest BCUT2D eigenvalue weighted by Gasteiger charge is 2.53. The summed E-state index contributed by atoms with van der Waals surface area (Å²) in [5.41, 5.74) is 0.435. The Kier molecular flexibility index (Phi) is 6.72. The van der Waals surface area contributed by atoms with Crippen LogP contribution in [0.5, 0.6) is 0 Å². The maximum Gasteiger partial charge on any atom is 0.194 e. The Bertz CT molecular complexity index is 375. The van der Waals surface area contributed by atoms with E-state index in [2.05, 4.69) is 58.7 Å². The number of nitrogens with zero attached hydrogens (tertiary/aromatic N) is 2. The lowest BCUT2D eigenvalue weighted by Crippen LogP contribution is -2.72. The average Bonchev–Trinajstić information content (AvgIpc) is 2.40. The minimum Gasteiger partial charge on any atom is -0.396 e. The second kappa shape index (κ2) is 7.67. The predicted molar refractivity (Wildman–Crippen MR) is 95.2 cm³/mol. The molecule has 0 aromatic carbocycles. The number of aliphatic hydroxyl groups excluding tert-OH is 1. The molecule has 1 heterocycles. The summed E-state index contributed by atoms with van der Waals surface area (Å²) in [4.78, 5) is 7.28. The third-order valence-electron chi connectivity index (χ3n) is 5.32. The first-order valence-corrected chi connectivity index (χ1v) is 8.82. The summed E-state index contributed by atoms with van der Waals surface area (Å²) in [6, 6.07) is 0. The first kappa shape index (κ1) is 19.3. The maximum absolute atomic E-state index is 9.26. The van der Waals surface area contributed by atoms with Crippen molar-refractivity contribution in [1.29, 1.82) is 0 Å². The molecular weight excluding hydrogens is 274 g/mol. The van der Waals surface area contributed by atoms with Crippen molar-refractivity contribution in [2.24, 2.45) is 22.2 Å². The third-order valence-corrected chi connectivity index (χ3v) is 5.32. The van der Waals surface area contributed by atoms with E-state index in [9.17, 15) is 5.11 Å². The van der Waals surface area contributed by atoms with Gasteiger partial charge < -0.3 is 15.3 Å². The fourth-order valence-corrected chi connectivity index (χ4v) is 3.14. The molecule has 0 amide bonds. The number of rotatable bonds is 7. The summed E-state index contributed by atoms with van der Waals surface area (Å²) in [6.45, 7) is 18.8. The van der Waals surface area contributed by atoms with Crippen molar-refractivity contribution in [2.45, 2.75) is 66.8 Å². The van der Waals surface area contributed by atoms with Crippen molar-refractivity contribution in [3.05, 3.63) is 0 Å². The smallest absolute Gasteiger partial charge is 0.194 e. The summed E-state index contributed by atoms with van der Waals surface area (Å²) in [6.07, 6.45) is 1.97. The second-order valence-electron chi connectivity index (χ2n) is 8.23. The molecule has 1 atom stereocenters. The van der Waals surface area contributed by atoms with Crippen LogP contribution in [-0.2, 0) is 0 Å². The molecule has 22 heavy (non-hydrogen) atoms. The topological polar surface area (TPSA) is 47.9 Å². The quantitative estimate of drug-likeness (QED) is 0.561. The van der Waals surface area contributed by atoms with Gasteiger partial charge in [-0.25, -0.2) is 0 Å². The molecule has 0 radical (unpaired) electrons. The first-order chi connectivity index (χ1) is 10.2. The van der Waals surface area contributed by atoms with E-state index in [1.54, 1.807) is 0 Å². The van der Waals surface area contributed by atoms with Gasteiger partial charge in [0.15, 0.2) is 5.96 Å². The number of aliphatic imine (C=N–C) groups is 1. The Labute approximate surface area is 137 Å². The van der Waals surface area contributed by atoms with E-state index < -0.39 is 0 Å². The minimum absolute atomic E-state index is 0.124. The number of likely N-dealkylation sites (tertiary alicyclic amines) is 1. The molecule has 1 aliphatic rings. The zero-order chi connectivity index (χ0) is 17.0. The third kappa shape index (κ3) is 4.37. The van der Waals surface area contributed by atoms with Crippen LogP contribution in [0.15, 0.2) is 4.99 Å². The lowest BCUT2D eigenvalue weighted by atomic mass is 9.65. The number of guanidine groups is 1. The van der Waals surface area contributed by atoms with Gasteiger partial charge in [0.2, 0.25) is 0 Å². The summed E-state index contributed by atoms with van der Waals surface area (Å²) in [5.74, 6) is 2.14. The van der Waals surface area contributed by atoms with E-state index in [0.29, 0.717) is 17.3 Å². The van der Waals surface area contributed by atoms with Gasteiger partial charge in [-0.15, -0.1) is 0 Å². The van der Waals surface area contributed by atoms with Gasteiger partial charge >= 0.3 is 0 Å². The van der Waals surface area contributed by atoms with Gasteiger partial charge in [-0.05, 0) is 45.4 Å². The van der Waals surface area contributed by atoms with Crippen molar-refractivity contribution in [3.63, 3.8) is 0 Å². The Balaban J connectivity index is 2.78. The highest BCUT2D eigenvalue weighted by molar-refractivity contribution is 5.82. The molecule has 1 unspecified atom stereocenters. The standard InChI is InChI=1S/C18H37N3O/c1-8-19-16(21-13-17(4,5)18(21,6)7)20-12-15(9-10-22)11-14(2)3/h14-15,22H,8-13H2,1-7H3,(H,19,20). The normalized spacial score (nSPS) is 21.7. The van der Waals surface area contributed by atoms with E-state index >= 15 is 0 Å². The molecule has 0 aromatic rings. The molecule has 2 N–H and O–H groups in total. The van der Waals surface area contributed by atoms with Gasteiger partial charge in [-0.1, -0.05) is 27.7 Å². The molecule has 1 fully saturated rings. The second-order valence-corrected chi connectivity index (χ2v) is 8.23. The van der Waals surface area contributed by atoms with Crippen LogP contribution in [0.4, 0.5) is 0 Å². The Morgan fingerprint density at radius 2 is 1.91 bits per heavy atom. The lowest BCUT2D eigenvalue weighted by molar-refractivity contribution is -0.0668. The van der Waals surface area contributed by atoms with Crippen LogP contribution >= 0.6 is 0 Å². The maximum atomic E-state index is 9.26. The summed E-state index contributed by atoms with van der Waals surface area (Å²) in [7, 11) is 0. The molecule has 1 saturated heterocycles. The molecule has 0 aromatic heterocycles. The molecule has 1 rings (SSSR count). The average molecular weight is 312 g/mol. The number of hydrogen-bond acceptors (Lipinski definition) is 2.